The Morgan fingerprint density at radius 1 is 1.09 bits per heavy atom. The zero-order chi connectivity index (χ0) is 24.0. The molecule has 2 atom stereocenters. The van der Waals surface area contributed by atoms with Gasteiger partial charge in [0.05, 0.1) is 12.7 Å². The lowest BCUT2D eigenvalue weighted by Crippen LogP contribution is -2.46. The van der Waals surface area contributed by atoms with E-state index in [9.17, 15) is 14.7 Å². The minimum atomic E-state index is -0.946. The van der Waals surface area contributed by atoms with Crippen molar-refractivity contribution in [3.63, 3.8) is 0 Å². The minimum Gasteiger partial charge on any atom is -0.458 e. The number of carbonyl (C=O) groups is 2. The summed E-state index contributed by atoms with van der Waals surface area (Å²) in [5.74, 6) is -0.179. The van der Waals surface area contributed by atoms with Gasteiger partial charge in [0.2, 0.25) is 0 Å². The van der Waals surface area contributed by atoms with Crippen LogP contribution in [0.2, 0.25) is 0 Å². The number of esters is 1. The minimum absolute atomic E-state index is 0.0837. The quantitative estimate of drug-likeness (QED) is 0.410. The van der Waals surface area contributed by atoms with Crippen molar-refractivity contribution in [1.29, 1.82) is 0 Å². The molecule has 0 spiro atoms. The van der Waals surface area contributed by atoms with Gasteiger partial charge in [-0.05, 0) is 55.0 Å². The second-order valence-electron chi connectivity index (χ2n) is 8.96. The van der Waals surface area contributed by atoms with Crippen LogP contribution in [0.5, 0.6) is 0 Å². The first-order valence-corrected chi connectivity index (χ1v) is 12.0. The van der Waals surface area contributed by atoms with Crippen LogP contribution in [-0.2, 0) is 27.3 Å². The predicted octanol–water partition coefficient (Wildman–Crippen LogP) is 3.28. The number of aliphatic hydroxyl groups excluding tert-OH is 2. The van der Waals surface area contributed by atoms with Gasteiger partial charge >= 0.3 is 12.1 Å². The molecule has 0 aliphatic heterocycles. The molecule has 1 amide bonds. The highest BCUT2D eigenvalue weighted by atomic mass is 32.2. The van der Waals surface area contributed by atoms with Gasteiger partial charge in [-0.3, -0.25) is 0 Å². The van der Waals surface area contributed by atoms with Crippen LogP contribution in [0.1, 0.15) is 37.5 Å². The SMILES string of the molecule is CC(C)(C)OC(=O)[C@H](CSC[C@H](O)CO)NC(=O)OCc1cccc2c1Cc1ccccc1-2. The average molecular weight is 474 g/mol. The maximum atomic E-state index is 12.6. The number of rotatable bonds is 9. The molecule has 0 unspecified atom stereocenters. The lowest BCUT2D eigenvalue weighted by atomic mass is 10.0. The number of thioether (sulfide) groups is 1. The van der Waals surface area contributed by atoms with Crippen molar-refractivity contribution in [3.8, 4) is 11.1 Å². The van der Waals surface area contributed by atoms with E-state index < -0.39 is 29.8 Å². The number of carbonyl (C=O) groups excluding carboxylic acids is 2. The van der Waals surface area contributed by atoms with Crippen molar-refractivity contribution in [2.45, 2.75) is 51.5 Å². The molecule has 0 aromatic heterocycles. The third kappa shape index (κ3) is 6.96. The largest absolute Gasteiger partial charge is 0.458 e. The standard InChI is InChI=1S/C25H31NO6S/c1-25(2,3)32-23(29)22(15-33-14-18(28)12-27)26-24(30)31-13-17-8-6-10-20-19-9-5-4-7-16(19)11-21(17)20/h4-10,18,22,27-28H,11-15H2,1-3H3,(H,26,30)/t18-,22+/m1/s1. The Kier molecular flexibility index (Phi) is 8.40. The van der Waals surface area contributed by atoms with Crippen molar-refractivity contribution >= 4 is 23.8 Å². The van der Waals surface area contributed by atoms with Crippen LogP contribution in [0.25, 0.3) is 11.1 Å². The summed E-state index contributed by atoms with van der Waals surface area (Å²) < 4.78 is 10.9. The summed E-state index contributed by atoms with van der Waals surface area (Å²) in [5, 5.41) is 21.1. The van der Waals surface area contributed by atoms with Crippen LogP contribution in [0.15, 0.2) is 42.5 Å². The Bertz CT molecular complexity index is 987. The van der Waals surface area contributed by atoms with Crippen molar-refractivity contribution in [1.82, 2.24) is 5.32 Å². The van der Waals surface area contributed by atoms with Gasteiger partial charge in [0.15, 0.2) is 0 Å². The zero-order valence-electron chi connectivity index (χ0n) is 19.2. The highest BCUT2D eigenvalue weighted by Gasteiger charge is 2.28. The molecular formula is C25H31NO6S. The maximum Gasteiger partial charge on any atom is 0.408 e. The van der Waals surface area contributed by atoms with E-state index in [0.717, 1.165) is 23.1 Å². The molecule has 2 aromatic carbocycles. The maximum absolute atomic E-state index is 12.6. The molecule has 0 fully saturated rings. The molecule has 178 valence electrons. The number of alkyl carbamates (subject to hydrolysis) is 1. The first-order chi connectivity index (χ1) is 15.7. The number of nitrogens with one attached hydrogen (secondary N) is 1. The molecule has 0 bridgehead atoms. The van der Waals surface area contributed by atoms with Crippen LogP contribution in [0.4, 0.5) is 4.79 Å². The molecular weight excluding hydrogens is 442 g/mol. The number of amides is 1. The van der Waals surface area contributed by atoms with E-state index in [1.54, 1.807) is 20.8 Å². The van der Waals surface area contributed by atoms with Crippen LogP contribution in [0.3, 0.4) is 0 Å². The smallest absolute Gasteiger partial charge is 0.408 e. The molecule has 0 heterocycles. The third-order valence-corrected chi connectivity index (χ3v) is 6.28. The Morgan fingerprint density at radius 2 is 1.82 bits per heavy atom. The third-order valence-electron chi connectivity index (χ3n) is 5.10. The number of hydrogen-bond donors (Lipinski definition) is 3. The molecule has 3 rings (SSSR count). The normalized spacial score (nSPS) is 14.1. The van der Waals surface area contributed by atoms with Crippen molar-refractivity contribution in [2.75, 3.05) is 18.1 Å². The summed E-state index contributed by atoms with van der Waals surface area (Å²) in [7, 11) is 0. The monoisotopic (exact) mass is 473 g/mol. The number of ether oxygens (including phenoxy) is 2. The van der Waals surface area contributed by atoms with Gasteiger partial charge in [-0.25, -0.2) is 9.59 Å². The molecule has 0 radical (unpaired) electrons. The molecule has 1 aliphatic carbocycles. The van der Waals surface area contributed by atoms with Crippen LogP contribution in [0, 0.1) is 0 Å². The molecule has 7 nitrogen and oxygen atoms in total. The number of hydrogen-bond acceptors (Lipinski definition) is 7. The summed E-state index contributed by atoms with van der Waals surface area (Å²) in [4.78, 5) is 25.1. The summed E-state index contributed by atoms with van der Waals surface area (Å²) in [6.07, 6.45) is -0.829. The van der Waals surface area contributed by atoms with E-state index in [-0.39, 0.29) is 24.7 Å². The van der Waals surface area contributed by atoms with E-state index in [4.69, 9.17) is 14.6 Å². The van der Waals surface area contributed by atoms with E-state index in [2.05, 4.69) is 23.5 Å². The van der Waals surface area contributed by atoms with E-state index >= 15 is 0 Å². The Hall–Kier alpha value is -2.55. The van der Waals surface area contributed by atoms with E-state index in [0.29, 0.717) is 0 Å². The van der Waals surface area contributed by atoms with Crippen molar-refractivity contribution < 1.29 is 29.3 Å². The number of benzene rings is 2. The average Bonchev–Trinajstić information content (AvgIpc) is 3.15. The fourth-order valence-corrected chi connectivity index (χ4v) is 4.57. The molecule has 3 N–H and O–H groups in total. The summed E-state index contributed by atoms with van der Waals surface area (Å²) >= 11 is 1.23. The van der Waals surface area contributed by atoms with Gasteiger partial charge in [0.25, 0.3) is 0 Å². The highest BCUT2D eigenvalue weighted by molar-refractivity contribution is 7.99. The van der Waals surface area contributed by atoms with Gasteiger partial charge in [-0.2, -0.15) is 11.8 Å². The number of aliphatic hydroxyl groups is 2. The topological polar surface area (TPSA) is 105 Å². The van der Waals surface area contributed by atoms with Crippen LogP contribution >= 0.6 is 11.8 Å². The lowest BCUT2D eigenvalue weighted by Gasteiger charge is -2.24. The second kappa shape index (κ2) is 11.0. The van der Waals surface area contributed by atoms with E-state index in [1.807, 2.05) is 24.3 Å². The first kappa shape index (κ1) is 25.1. The summed E-state index contributed by atoms with van der Waals surface area (Å²) in [5.41, 5.74) is 4.95. The second-order valence-corrected chi connectivity index (χ2v) is 10.0. The first-order valence-electron chi connectivity index (χ1n) is 10.9. The zero-order valence-corrected chi connectivity index (χ0v) is 20.0. The lowest BCUT2D eigenvalue weighted by molar-refractivity contribution is -0.156. The van der Waals surface area contributed by atoms with Crippen LogP contribution < -0.4 is 5.32 Å². The predicted molar refractivity (Wildman–Crippen MR) is 128 cm³/mol. The fraction of sp³-hybridized carbons (Fsp3) is 0.440. The van der Waals surface area contributed by atoms with Crippen molar-refractivity contribution in [2.24, 2.45) is 0 Å². The van der Waals surface area contributed by atoms with Gasteiger partial charge < -0.3 is 25.0 Å². The Balaban J connectivity index is 1.61. The van der Waals surface area contributed by atoms with Crippen LogP contribution in [-0.4, -0.2) is 58.1 Å². The molecule has 33 heavy (non-hydrogen) atoms. The van der Waals surface area contributed by atoms with Crippen molar-refractivity contribution in [3.05, 3.63) is 59.2 Å². The van der Waals surface area contributed by atoms with E-state index in [1.165, 1.54) is 22.9 Å². The van der Waals surface area contributed by atoms with Gasteiger partial charge in [-0.15, -0.1) is 0 Å². The molecule has 0 saturated carbocycles. The van der Waals surface area contributed by atoms with Gasteiger partial charge in [0.1, 0.15) is 18.2 Å². The van der Waals surface area contributed by atoms with Gasteiger partial charge in [0, 0.05) is 11.5 Å². The Morgan fingerprint density at radius 3 is 2.55 bits per heavy atom. The summed E-state index contributed by atoms with van der Waals surface area (Å²) in [6.45, 7) is 4.95. The molecule has 0 saturated heterocycles. The van der Waals surface area contributed by atoms with Gasteiger partial charge in [-0.1, -0.05) is 42.5 Å². The number of fused-ring (bicyclic) bond motifs is 3. The Labute approximate surface area is 198 Å². The molecule has 2 aromatic rings. The fourth-order valence-electron chi connectivity index (χ4n) is 3.60. The molecule has 1 aliphatic rings. The summed E-state index contributed by atoms with van der Waals surface area (Å²) in [6, 6.07) is 13.2. The molecule has 8 heteroatoms. The highest BCUT2D eigenvalue weighted by Crippen LogP contribution is 2.38.